The van der Waals surface area contributed by atoms with Crippen molar-refractivity contribution in [2.24, 2.45) is 0 Å². The van der Waals surface area contributed by atoms with Crippen molar-refractivity contribution in [3.63, 3.8) is 0 Å². The molecule has 1 heterocycles. The van der Waals surface area contributed by atoms with Crippen molar-refractivity contribution in [2.45, 2.75) is 6.42 Å². The molecular formula is C4H4O2P+. The standard InChI is InChI=1S/C4H4O2P/c5-4-2-1-3-7(4)6/h1,3H,2H2/q+1. The van der Waals surface area contributed by atoms with E-state index in [0.29, 0.717) is 6.42 Å². The highest BCUT2D eigenvalue weighted by atomic mass is 31.1. The van der Waals surface area contributed by atoms with Crippen molar-refractivity contribution in [1.29, 1.82) is 0 Å². The Kier molecular flexibility index (Phi) is 1.03. The molecule has 0 fully saturated rings. The van der Waals surface area contributed by atoms with Gasteiger partial charge in [-0.2, -0.15) is 0 Å². The van der Waals surface area contributed by atoms with Crippen molar-refractivity contribution >= 4 is 13.3 Å². The first kappa shape index (κ1) is 4.66. The second-order valence-corrected chi connectivity index (χ2v) is 2.76. The van der Waals surface area contributed by atoms with Gasteiger partial charge in [-0.3, -0.25) is 0 Å². The average molecular weight is 115 g/mol. The third-order valence-corrected chi connectivity index (χ3v) is 1.93. The van der Waals surface area contributed by atoms with Crippen LogP contribution in [-0.2, 0) is 9.36 Å². The lowest BCUT2D eigenvalue weighted by atomic mass is 10.5. The molecule has 0 spiro atoms. The van der Waals surface area contributed by atoms with Crippen LogP contribution in [0, 0.1) is 0 Å². The van der Waals surface area contributed by atoms with Crippen LogP contribution < -0.4 is 0 Å². The third-order valence-electron chi connectivity index (χ3n) is 0.779. The molecule has 0 aromatic rings. The maximum atomic E-state index is 10.3. The summed E-state index contributed by atoms with van der Waals surface area (Å²) < 4.78 is 10.3. The number of carbonyl (C=O) groups excluding carboxylic acids is 1. The second kappa shape index (κ2) is 1.55. The smallest absolute Gasteiger partial charge is 0.239 e. The molecule has 2 nitrogen and oxygen atoms in total. The van der Waals surface area contributed by atoms with Gasteiger partial charge in [0.1, 0.15) is 0 Å². The molecule has 7 heavy (non-hydrogen) atoms. The van der Waals surface area contributed by atoms with Crippen LogP contribution in [0.3, 0.4) is 0 Å². The summed E-state index contributed by atoms with van der Waals surface area (Å²) in [4.78, 5) is 10.2. The molecule has 0 aliphatic carbocycles. The molecule has 1 atom stereocenters. The van der Waals surface area contributed by atoms with E-state index in [0.717, 1.165) is 0 Å². The number of rotatable bonds is 0. The Labute approximate surface area is 42.0 Å². The highest BCUT2D eigenvalue weighted by molar-refractivity contribution is 7.67. The zero-order valence-electron chi connectivity index (χ0n) is 3.63. The van der Waals surface area contributed by atoms with Gasteiger partial charge in [0.2, 0.25) is 0 Å². The zero-order chi connectivity index (χ0) is 5.28. The van der Waals surface area contributed by atoms with Crippen LogP contribution in [0.1, 0.15) is 6.42 Å². The maximum Gasteiger partial charge on any atom is 0.445 e. The van der Waals surface area contributed by atoms with Crippen LogP contribution in [0.25, 0.3) is 0 Å². The summed E-state index contributed by atoms with van der Waals surface area (Å²) in [7, 11) is -1.60. The van der Waals surface area contributed by atoms with Gasteiger partial charge in [-0.05, 0) is 6.08 Å². The van der Waals surface area contributed by atoms with Crippen LogP contribution in [0.15, 0.2) is 11.9 Å². The second-order valence-electron chi connectivity index (χ2n) is 1.31. The highest BCUT2D eigenvalue weighted by Gasteiger charge is 2.28. The Hall–Kier alpha value is -0.490. The topological polar surface area (TPSA) is 34.1 Å². The lowest BCUT2D eigenvalue weighted by molar-refractivity contribution is -0.110. The highest BCUT2D eigenvalue weighted by Crippen LogP contribution is 2.30. The maximum absolute atomic E-state index is 10.3. The Bertz CT molecular complexity index is 148. The van der Waals surface area contributed by atoms with Crippen LogP contribution in [0.5, 0.6) is 0 Å². The van der Waals surface area contributed by atoms with Crippen molar-refractivity contribution in [1.82, 2.24) is 0 Å². The van der Waals surface area contributed by atoms with Gasteiger partial charge >= 0.3 is 13.3 Å². The summed E-state index contributed by atoms with van der Waals surface area (Å²) in [5.74, 6) is 1.46. The molecule has 0 radical (unpaired) electrons. The van der Waals surface area contributed by atoms with Crippen LogP contribution in [0.4, 0.5) is 0 Å². The first-order valence-corrected chi connectivity index (χ1v) is 3.29. The molecule has 3 heteroatoms. The van der Waals surface area contributed by atoms with E-state index in [9.17, 15) is 9.36 Å². The summed E-state index contributed by atoms with van der Waals surface area (Å²) >= 11 is 0. The van der Waals surface area contributed by atoms with E-state index in [1.165, 1.54) is 5.82 Å². The van der Waals surface area contributed by atoms with Crippen molar-refractivity contribution in [2.75, 3.05) is 0 Å². The Morgan fingerprint density at radius 1 is 1.71 bits per heavy atom. The Morgan fingerprint density at radius 2 is 2.43 bits per heavy atom. The molecule has 0 aromatic carbocycles. The van der Waals surface area contributed by atoms with Gasteiger partial charge in [-0.25, -0.2) is 4.79 Å². The van der Waals surface area contributed by atoms with Gasteiger partial charge in [0.25, 0.3) is 0 Å². The fourth-order valence-corrected chi connectivity index (χ4v) is 1.17. The quantitative estimate of drug-likeness (QED) is 0.445. The van der Waals surface area contributed by atoms with E-state index in [1.807, 2.05) is 0 Å². The van der Waals surface area contributed by atoms with E-state index in [4.69, 9.17) is 0 Å². The lowest BCUT2D eigenvalue weighted by Crippen LogP contribution is -1.76. The number of hydrogen-bond donors (Lipinski definition) is 0. The monoisotopic (exact) mass is 115 g/mol. The predicted octanol–water partition coefficient (Wildman–Crippen LogP) is 1.26. The summed E-state index contributed by atoms with van der Waals surface area (Å²) in [5, 5.41) is 0. The average Bonchev–Trinajstić information content (AvgIpc) is 1.91. The van der Waals surface area contributed by atoms with Gasteiger partial charge in [0.05, 0.1) is 6.42 Å². The van der Waals surface area contributed by atoms with E-state index in [1.54, 1.807) is 6.08 Å². The van der Waals surface area contributed by atoms with Crippen LogP contribution in [-0.4, -0.2) is 5.52 Å². The fraction of sp³-hybridized carbons (Fsp3) is 0.250. The normalized spacial score (nSPS) is 24.0. The minimum Gasteiger partial charge on any atom is -0.239 e. The van der Waals surface area contributed by atoms with E-state index >= 15 is 0 Å². The number of hydrogen-bond acceptors (Lipinski definition) is 2. The largest absolute Gasteiger partial charge is 0.445 e. The number of allylic oxidation sites excluding steroid dienone is 1. The summed E-state index contributed by atoms with van der Waals surface area (Å²) in [5.41, 5.74) is -0.144. The fourth-order valence-electron chi connectivity index (χ4n) is 0.422. The molecule has 1 aliphatic rings. The van der Waals surface area contributed by atoms with Gasteiger partial charge in [-0.15, -0.1) is 0 Å². The molecule has 1 aliphatic heterocycles. The summed E-state index contributed by atoms with van der Waals surface area (Å²) in [6.45, 7) is 0. The van der Waals surface area contributed by atoms with Gasteiger partial charge in [0, 0.05) is 0 Å². The molecule has 36 valence electrons. The predicted molar refractivity (Wildman–Crippen MR) is 26.4 cm³/mol. The summed E-state index contributed by atoms with van der Waals surface area (Å²) in [6.07, 6.45) is 2.01. The SMILES string of the molecule is O=C1CC=C[P+]1=O. The van der Waals surface area contributed by atoms with Gasteiger partial charge in [-0.1, -0.05) is 4.57 Å². The Balaban J connectivity index is 2.81. The Morgan fingerprint density at radius 3 is 2.57 bits per heavy atom. The van der Waals surface area contributed by atoms with Crippen molar-refractivity contribution in [3.05, 3.63) is 11.9 Å². The van der Waals surface area contributed by atoms with Crippen molar-refractivity contribution < 1.29 is 9.36 Å². The molecule has 0 saturated heterocycles. The first-order chi connectivity index (χ1) is 3.30. The van der Waals surface area contributed by atoms with E-state index < -0.39 is 7.80 Å². The van der Waals surface area contributed by atoms with E-state index in [-0.39, 0.29) is 5.52 Å². The van der Waals surface area contributed by atoms with Crippen LogP contribution in [0.2, 0.25) is 0 Å². The van der Waals surface area contributed by atoms with E-state index in [2.05, 4.69) is 0 Å². The lowest BCUT2D eigenvalue weighted by Gasteiger charge is -1.59. The van der Waals surface area contributed by atoms with Crippen molar-refractivity contribution in [3.8, 4) is 0 Å². The van der Waals surface area contributed by atoms with Gasteiger partial charge < -0.3 is 0 Å². The van der Waals surface area contributed by atoms with Crippen LogP contribution >= 0.6 is 7.80 Å². The zero-order valence-corrected chi connectivity index (χ0v) is 4.52. The molecule has 0 saturated carbocycles. The molecule has 0 bridgehead atoms. The summed E-state index contributed by atoms with van der Waals surface area (Å²) in [6, 6.07) is 0. The molecule has 0 aromatic heterocycles. The minimum atomic E-state index is -1.60. The third kappa shape index (κ3) is 0.751. The molecule has 0 N–H and O–H groups in total. The molecule has 1 rings (SSSR count). The minimum absolute atomic E-state index is 0.144. The number of carbonyl (C=O) groups is 1. The first-order valence-electron chi connectivity index (χ1n) is 1.96. The molecular weight excluding hydrogens is 111 g/mol. The van der Waals surface area contributed by atoms with Gasteiger partial charge in [0.15, 0.2) is 5.82 Å². The molecule has 1 unspecified atom stereocenters. The molecule has 0 amide bonds.